The topological polar surface area (TPSA) is 71.5 Å². The molecule has 0 aliphatic rings. The van der Waals surface area contributed by atoms with Crippen molar-refractivity contribution in [3.63, 3.8) is 0 Å². The average Bonchev–Trinajstić information content (AvgIpc) is 3.25. The van der Waals surface area contributed by atoms with E-state index in [0.717, 1.165) is 10.6 Å². The van der Waals surface area contributed by atoms with Gasteiger partial charge < -0.3 is 19.1 Å². The maximum Gasteiger partial charge on any atom is 0.317 e. The van der Waals surface area contributed by atoms with Gasteiger partial charge in [-0.1, -0.05) is 6.07 Å². The van der Waals surface area contributed by atoms with E-state index < -0.39 is 0 Å². The Balaban J connectivity index is 1.52. The van der Waals surface area contributed by atoms with Gasteiger partial charge in [-0.2, -0.15) is 0 Å². The second-order valence-corrected chi connectivity index (χ2v) is 5.66. The van der Waals surface area contributed by atoms with Gasteiger partial charge in [0.1, 0.15) is 12.0 Å². The molecule has 0 spiro atoms. The van der Waals surface area contributed by atoms with Gasteiger partial charge in [-0.05, 0) is 23.6 Å². The smallest absolute Gasteiger partial charge is 0.317 e. The lowest BCUT2D eigenvalue weighted by Crippen LogP contribution is -2.36. The summed E-state index contributed by atoms with van der Waals surface area (Å²) in [4.78, 5) is 18.9. The van der Waals surface area contributed by atoms with Crippen molar-refractivity contribution in [3.05, 3.63) is 53.6 Å². The Morgan fingerprint density at radius 2 is 2.27 bits per heavy atom. The van der Waals surface area contributed by atoms with Crippen LogP contribution in [-0.4, -0.2) is 23.0 Å². The third-order valence-electron chi connectivity index (χ3n) is 3.02. The molecular weight excluding hydrogens is 302 g/mol. The number of amides is 2. The number of urea groups is 1. The molecule has 0 bridgehead atoms. The first-order valence-corrected chi connectivity index (χ1v) is 7.60. The Morgan fingerprint density at radius 3 is 3.00 bits per heavy atom. The fourth-order valence-electron chi connectivity index (χ4n) is 1.91. The van der Waals surface area contributed by atoms with Crippen LogP contribution in [0.4, 0.5) is 4.79 Å². The second kappa shape index (κ2) is 6.48. The van der Waals surface area contributed by atoms with Gasteiger partial charge in [-0.3, -0.25) is 0 Å². The SMILES string of the molecule is CN(Cc1ccco1)C(=O)NCc1coc(-c2cccs2)n1. The molecule has 114 valence electrons. The van der Waals surface area contributed by atoms with Crippen LogP contribution in [0.3, 0.4) is 0 Å². The maximum atomic E-state index is 12.0. The van der Waals surface area contributed by atoms with Crippen LogP contribution in [0.1, 0.15) is 11.5 Å². The summed E-state index contributed by atoms with van der Waals surface area (Å²) in [7, 11) is 1.71. The number of rotatable bonds is 5. The van der Waals surface area contributed by atoms with Crippen LogP contribution in [-0.2, 0) is 13.1 Å². The molecule has 0 fully saturated rings. The fraction of sp³-hybridized carbons (Fsp3) is 0.200. The van der Waals surface area contributed by atoms with Crippen molar-refractivity contribution in [2.24, 2.45) is 0 Å². The summed E-state index contributed by atoms with van der Waals surface area (Å²) in [5.41, 5.74) is 0.683. The van der Waals surface area contributed by atoms with E-state index in [-0.39, 0.29) is 6.03 Å². The van der Waals surface area contributed by atoms with Gasteiger partial charge >= 0.3 is 6.03 Å². The maximum absolute atomic E-state index is 12.0. The molecule has 3 heterocycles. The van der Waals surface area contributed by atoms with Crippen LogP contribution in [0, 0.1) is 0 Å². The third kappa shape index (κ3) is 3.37. The predicted molar refractivity (Wildman–Crippen MR) is 82.2 cm³/mol. The first kappa shape index (κ1) is 14.4. The van der Waals surface area contributed by atoms with E-state index in [1.165, 1.54) is 0 Å². The summed E-state index contributed by atoms with van der Waals surface area (Å²) in [6.07, 6.45) is 3.14. The number of hydrogen-bond donors (Lipinski definition) is 1. The highest BCUT2D eigenvalue weighted by molar-refractivity contribution is 7.13. The number of aromatic nitrogens is 1. The van der Waals surface area contributed by atoms with Crippen LogP contribution < -0.4 is 5.32 Å². The molecule has 3 rings (SSSR count). The summed E-state index contributed by atoms with van der Waals surface area (Å²) < 4.78 is 10.6. The molecule has 22 heavy (non-hydrogen) atoms. The lowest BCUT2D eigenvalue weighted by molar-refractivity contribution is 0.202. The molecule has 7 heteroatoms. The molecule has 0 aliphatic carbocycles. The predicted octanol–water partition coefficient (Wildman–Crippen LogP) is 3.34. The van der Waals surface area contributed by atoms with Crippen molar-refractivity contribution in [3.8, 4) is 10.8 Å². The van der Waals surface area contributed by atoms with Gasteiger partial charge in [0.2, 0.25) is 5.89 Å². The third-order valence-corrected chi connectivity index (χ3v) is 3.88. The molecule has 0 saturated heterocycles. The number of nitrogens with one attached hydrogen (secondary N) is 1. The average molecular weight is 317 g/mol. The molecule has 1 N–H and O–H groups in total. The number of thiophene rings is 1. The van der Waals surface area contributed by atoms with Gasteiger partial charge in [0.05, 0.1) is 29.9 Å². The molecular formula is C15H15N3O3S. The zero-order chi connectivity index (χ0) is 15.4. The van der Waals surface area contributed by atoms with E-state index in [1.807, 2.05) is 23.6 Å². The van der Waals surface area contributed by atoms with E-state index in [9.17, 15) is 4.79 Å². The lowest BCUT2D eigenvalue weighted by atomic mass is 10.4. The van der Waals surface area contributed by atoms with Crippen LogP contribution >= 0.6 is 11.3 Å². The van der Waals surface area contributed by atoms with E-state index >= 15 is 0 Å². The Bertz CT molecular complexity index is 719. The standard InChI is InChI=1S/C15H15N3O3S/c1-18(9-12-4-2-6-20-12)15(19)16-8-11-10-21-14(17-11)13-5-3-7-22-13/h2-7,10H,8-9H2,1H3,(H,16,19). The van der Waals surface area contributed by atoms with Gasteiger partial charge in [-0.15, -0.1) is 11.3 Å². The fourth-order valence-corrected chi connectivity index (χ4v) is 2.57. The van der Waals surface area contributed by atoms with Gasteiger partial charge in [0.25, 0.3) is 0 Å². The minimum Gasteiger partial charge on any atom is -0.467 e. The molecule has 0 radical (unpaired) electrons. The summed E-state index contributed by atoms with van der Waals surface area (Å²) in [5.74, 6) is 1.31. The molecule has 2 amide bonds. The zero-order valence-corrected chi connectivity index (χ0v) is 12.8. The molecule has 3 aromatic rings. The first-order valence-electron chi connectivity index (χ1n) is 6.72. The first-order chi connectivity index (χ1) is 10.7. The minimum atomic E-state index is -0.197. The van der Waals surface area contributed by atoms with Crippen LogP contribution in [0.5, 0.6) is 0 Å². The quantitative estimate of drug-likeness (QED) is 0.783. The molecule has 0 aliphatic heterocycles. The Kier molecular flexibility index (Phi) is 4.24. The van der Waals surface area contributed by atoms with E-state index in [2.05, 4.69) is 10.3 Å². The normalized spacial score (nSPS) is 10.6. The molecule has 6 nitrogen and oxygen atoms in total. The monoisotopic (exact) mass is 317 g/mol. The number of hydrogen-bond acceptors (Lipinski definition) is 5. The molecule has 0 aromatic carbocycles. The van der Waals surface area contributed by atoms with Crippen molar-refractivity contribution in [1.29, 1.82) is 0 Å². The zero-order valence-electron chi connectivity index (χ0n) is 12.0. The molecule has 0 unspecified atom stereocenters. The van der Waals surface area contributed by atoms with Crippen molar-refractivity contribution in [1.82, 2.24) is 15.2 Å². The highest BCUT2D eigenvalue weighted by Gasteiger charge is 2.12. The number of carbonyl (C=O) groups excluding carboxylic acids is 1. The summed E-state index contributed by atoms with van der Waals surface area (Å²) in [5, 5.41) is 4.76. The number of carbonyl (C=O) groups is 1. The largest absolute Gasteiger partial charge is 0.467 e. The summed E-state index contributed by atoms with van der Waals surface area (Å²) in [6.45, 7) is 0.730. The van der Waals surface area contributed by atoms with E-state index in [4.69, 9.17) is 8.83 Å². The Morgan fingerprint density at radius 1 is 1.36 bits per heavy atom. The molecule has 3 aromatic heterocycles. The van der Waals surface area contributed by atoms with Crippen molar-refractivity contribution in [2.75, 3.05) is 7.05 Å². The highest BCUT2D eigenvalue weighted by Crippen LogP contribution is 2.23. The minimum absolute atomic E-state index is 0.197. The van der Waals surface area contributed by atoms with E-state index in [1.54, 1.807) is 41.9 Å². The molecule has 0 atom stereocenters. The lowest BCUT2D eigenvalue weighted by Gasteiger charge is -2.15. The number of oxazole rings is 1. The Hall–Kier alpha value is -2.54. The van der Waals surface area contributed by atoms with Crippen LogP contribution in [0.2, 0.25) is 0 Å². The van der Waals surface area contributed by atoms with Crippen molar-refractivity contribution >= 4 is 17.4 Å². The van der Waals surface area contributed by atoms with E-state index in [0.29, 0.717) is 24.7 Å². The molecule has 0 saturated carbocycles. The Labute approximate surface area is 131 Å². The van der Waals surface area contributed by atoms with Crippen LogP contribution in [0.25, 0.3) is 10.8 Å². The summed E-state index contributed by atoms with van der Waals surface area (Å²) >= 11 is 1.56. The van der Waals surface area contributed by atoms with Crippen LogP contribution in [0.15, 0.2) is 51.0 Å². The second-order valence-electron chi connectivity index (χ2n) is 4.72. The number of nitrogens with zero attached hydrogens (tertiary/aromatic N) is 2. The van der Waals surface area contributed by atoms with Crippen molar-refractivity contribution in [2.45, 2.75) is 13.1 Å². The van der Waals surface area contributed by atoms with Gasteiger partial charge in [-0.25, -0.2) is 9.78 Å². The van der Waals surface area contributed by atoms with Gasteiger partial charge in [0, 0.05) is 7.05 Å². The van der Waals surface area contributed by atoms with Gasteiger partial charge in [0.15, 0.2) is 0 Å². The van der Waals surface area contributed by atoms with Crippen molar-refractivity contribution < 1.29 is 13.6 Å². The number of furan rings is 1. The summed E-state index contributed by atoms with van der Waals surface area (Å²) in [6, 6.07) is 7.31. The highest BCUT2D eigenvalue weighted by atomic mass is 32.1.